The molecule has 0 radical (unpaired) electrons. The molecule has 2 rings (SSSR count). The lowest BCUT2D eigenvalue weighted by Gasteiger charge is -2.24. The lowest BCUT2D eigenvalue weighted by Crippen LogP contribution is -2.34. The molecular weight excluding hydrogens is 368 g/mol. The summed E-state index contributed by atoms with van der Waals surface area (Å²) in [5.41, 5.74) is 1.87. The van der Waals surface area contributed by atoms with Crippen LogP contribution in [0.1, 0.15) is 18.9 Å². The van der Waals surface area contributed by atoms with Crippen molar-refractivity contribution in [1.29, 1.82) is 0 Å². The minimum Gasteiger partial charge on any atom is -0.341 e. The van der Waals surface area contributed by atoms with Crippen LogP contribution in [0.15, 0.2) is 59.1 Å². The highest BCUT2D eigenvalue weighted by Gasteiger charge is 2.17. The molecule has 0 aliphatic heterocycles. The molecule has 0 saturated heterocycles. The van der Waals surface area contributed by atoms with Crippen LogP contribution in [0.25, 0.3) is 0 Å². The number of nitrogens with zero attached hydrogens (tertiary/aromatic N) is 2. The number of benzene rings is 2. The average molecular weight is 389 g/mol. The Kier molecular flexibility index (Phi) is 6.55. The molecule has 0 aliphatic rings. The minimum absolute atomic E-state index is 0.0113. The van der Waals surface area contributed by atoms with E-state index < -0.39 is 0 Å². The van der Waals surface area contributed by atoms with Gasteiger partial charge in [-0.1, -0.05) is 42.5 Å². The molecule has 0 saturated carbocycles. The van der Waals surface area contributed by atoms with Crippen molar-refractivity contribution in [2.45, 2.75) is 19.9 Å². The summed E-state index contributed by atoms with van der Waals surface area (Å²) in [6.07, 6.45) is 0.282. The Bertz CT molecular complexity index is 704. The maximum Gasteiger partial charge on any atom is 0.224 e. The molecule has 0 spiro atoms. The third kappa shape index (κ3) is 4.93. The van der Waals surface area contributed by atoms with Crippen molar-refractivity contribution in [3.63, 3.8) is 0 Å². The highest BCUT2D eigenvalue weighted by atomic mass is 79.9. The number of carbonyl (C=O) groups excluding carboxylic acids is 2. The first-order chi connectivity index (χ1) is 11.5. The normalized spacial score (nSPS) is 10.3. The summed E-state index contributed by atoms with van der Waals surface area (Å²) in [4.78, 5) is 27.6. The van der Waals surface area contributed by atoms with Gasteiger partial charge in [0.1, 0.15) is 0 Å². The highest BCUT2D eigenvalue weighted by molar-refractivity contribution is 9.10. The Labute approximate surface area is 151 Å². The van der Waals surface area contributed by atoms with E-state index >= 15 is 0 Å². The summed E-state index contributed by atoms with van der Waals surface area (Å²) in [5.74, 6) is -0.0717. The maximum absolute atomic E-state index is 12.4. The van der Waals surface area contributed by atoms with Crippen LogP contribution in [-0.4, -0.2) is 30.3 Å². The van der Waals surface area contributed by atoms with Gasteiger partial charge in [0.25, 0.3) is 0 Å². The van der Waals surface area contributed by atoms with Gasteiger partial charge in [-0.3, -0.25) is 9.59 Å². The molecule has 0 unspecified atom stereocenters. The SMILES string of the molecule is CC(=O)N(CCC(=O)N(C)Cc1ccccc1)c1ccccc1Br. The van der Waals surface area contributed by atoms with Crippen molar-refractivity contribution < 1.29 is 9.59 Å². The predicted octanol–water partition coefficient (Wildman–Crippen LogP) is 3.85. The van der Waals surface area contributed by atoms with Crippen molar-refractivity contribution in [2.24, 2.45) is 0 Å². The van der Waals surface area contributed by atoms with Gasteiger partial charge in [-0.25, -0.2) is 0 Å². The number of rotatable bonds is 6. The van der Waals surface area contributed by atoms with Crippen LogP contribution in [0.5, 0.6) is 0 Å². The van der Waals surface area contributed by atoms with E-state index in [0.29, 0.717) is 13.1 Å². The summed E-state index contributed by atoms with van der Waals surface area (Å²) in [7, 11) is 1.78. The molecule has 4 nitrogen and oxygen atoms in total. The molecule has 126 valence electrons. The van der Waals surface area contributed by atoms with E-state index in [1.807, 2.05) is 54.6 Å². The van der Waals surface area contributed by atoms with Crippen molar-refractivity contribution in [1.82, 2.24) is 4.90 Å². The monoisotopic (exact) mass is 388 g/mol. The molecular formula is C19H21BrN2O2. The zero-order valence-corrected chi connectivity index (χ0v) is 15.5. The molecule has 0 aromatic heterocycles. The number of hydrogen-bond donors (Lipinski definition) is 0. The fourth-order valence-electron chi connectivity index (χ4n) is 2.46. The van der Waals surface area contributed by atoms with Gasteiger partial charge in [-0.15, -0.1) is 0 Å². The zero-order chi connectivity index (χ0) is 17.5. The number of halogens is 1. The number of para-hydroxylation sites is 1. The van der Waals surface area contributed by atoms with Gasteiger partial charge in [-0.2, -0.15) is 0 Å². The van der Waals surface area contributed by atoms with Gasteiger partial charge < -0.3 is 9.80 Å². The van der Waals surface area contributed by atoms with Crippen LogP contribution in [0.2, 0.25) is 0 Å². The lowest BCUT2D eigenvalue weighted by atomic mass is 10.2. The van der Waals surface area contributed by atoms with Gasteiger partial charge >= 0.3 is 0 Å². The van der Waals surface area contributed by atoms with Gasteiger partial charge in [0.05, 0.1) is 5.69 Å². The standard InChI is InChI=1S/C19H21BrN2O2/c1-15(23)22(18-11-7-6-10-17(18)20)13-12-19(24)21(2)14-16-8-4-3-5-9-16/h3-11H,12-14H2,1-2H3. The second-order valence-electron chi connectivity index (χ2n) is 5.61. The van der Waals surface area contributed by atoms with Crippen molar-refractivity contribution in [3.05, 3.63) is 64.6 Å². The van der Waals surface area contributed by atoms with Crippen LogP contribution in [-0.2, 0) is 16.1 Å². The molecule has 2 amide bonds. The van der Waals surface area contributed by atoms with E-state index in [1.165, 1.54) is 6.92 Å². The Morgan fingerprint density at radius 1 is 1.00 bits per heavy atom. The van der Waals surface area contributed by atoms with E-state index in [1.54, 1.807) is 16.8 Å². The number of amides is 2. The van der Waals surface area contributed by atoms with Crippen molar-refractivity contribution >= 4 is 33.4 Å². The maximum atomic E-state index is 12.4. The Hall–Kier alpha value is -2.14. The Morgan fingerprint density at radius 2 is 1.62 bits per heavy atom. The first-order valence-electron chi connectivity index (χ1n) is 7.79. The third-order valence-electron chi connectivity index (χ3n) is 3.76. The number of hydrogen-bond acceptors (Lipinski definition) is 2. The van der Waals surface area contributed by atoms with Gasteiger partial charge in [-0.05, 0) is 33.6 Å². The lowest BCUT2D eigenvalue weighted by molar-refractivity contribution is -0.130. The molecule has 2 aromatic carbocycles. The van der Waals surface area contributed by atoms with Crippen molar-refractivity contribution in [2.75, 3.05) is 18.5 Å². The third-order valence-corrected chi connectivity index (χ3v) is 4.43. The first kappa shape index (κ1) is 18.2. The Balaban J connectivity index is 1.98. The van der Waals surface area contributed by atoms with E-state index in [0.717, 1.165) is 15.7 Å². The molecule has 0 atom stereocenters. The number of anilines is 1. The zero-order valence-electron chi connectivity index (χ0n) is 13.9. The summed E-state index contributed by atoms with van der Waals surface area (Å²) in [6.45, 7) is 2.43. The summed E-state index contributed by atoms with van der Waals surface area (Å²) in [5, 5.41) is 0. The molecule has 0 aliphatic carbocycles. The smallest absolute Gasteiger partial charge is 0.224 e. The largest absolute Gasteiger partial charge is 0.341 e. The van der Waals surface area contributed by atoms with Crippen LogP contribution >= 0.6 is 15.9 Å². The molecule has 0 heterocycles. The van der Waals surface area contributed by atoms with E-state index in [2.05, 4.69) is 15.9 Å². The highest BCUT2D eigenvalue weighted by Crippen LogP contribution is 2.26. The summed E-state index contributed by atoms with van der Waals surface area (Å²) >= 11 is 3.46. The molecule has 0 fully saturated rings. The topological polar surface area (TPSA) is 40.6 Å². The first-order valence-corrected chi connectivity index (χ1v) is 8.59. The van der Waals surface area contributed by atoms with Crippen LogP contribution in [0, 0.1) is 0 Å². The van der Waals surface area contributed by atoms with Crippen LogP contribution in [0.3, 0.4) is 0 Å². The quantitative estimate of drug-likeness (QED) is 0.753. The number of carbonyl (C=O) groups is 2. The van der Waals surface area contributed by atoms with Gasteiger partial charge in [0.2, 0.25) is 11.8 Å². The van der Waals surface area contributed by atoms with Crippen LogP contribution in [0.4, 0.5) is 5.69 Å². The van der Waals surface area contributed by atoms with Crippen molar-refractivity contribution in [3.8, 4) is 0 Å². The molecule has 0 bridgehead atoms. The van der Waals surface area contributed by atoms with E-state index in [9.17, 15) is 9.59 Å². The summed E-state index contributed by atoms with van der Waals surface area (Å²) in [6, 6.07) is 17.4. The fourth-order valence-corrected chi connectivity index (χ4v) is 2.96. The summed E-state index contributed by atoms with van der Waals surface area (Å²) < 4.78 is 0.838. The molecule has 5 heteroatoms. The molecule has 24 heavy (non-hydrogen) atoms. The fraction of sp³-hybridized carbons (Fsp3) is 0.263. The molecule has 0 N–H and O–H groups in total. The second kappa shape index (κ2) is 8.64. The van der Waals surface area contributed by atoms with Gasteiger partial charge in [0.15, 0.2) is 0 Å². The minimum atomic E-state index is -0.0830. The van der Waals surface area contributed by atoms with E-state index in [-0.39, 0.29) is 18.2 Å². The van der Waals surface area contributed by atoms with Crippen LogP contribution < -0.4 is 4.90 Å². The molecule has 2 aromatic rings. The van der Waals surface area contributed by atoms with E-state index in [4.69, 9.17) is 0 Å². The Morgan fingerprint density at radius 3 is 2.25 bits per heavy atom. The average Bonchev–Trinajstić information content (AvgIpc) is 2.57. The van der Waals surface area contributed by atoms with Gasteiger partial charge in [0, 0.05) is 38.0 Å². The second-order valence-corrected chi connectivity index (χ2v) is 6.46. The predicted molar refractivity (Wildman–Crippen MR) is 99.7 cm³/mol.